The van der Waals surface area contributed by atoms with E-state index in [1.165, 1.54) is 35.5 Å². The molecule has 3 aromatic rings. The Balaban J connectivity index is 2.02. The number of hydrogen-bond acceptors (Lipinski definition) is 5. The number of benzene rings is 2. The van der Waals surface area contributed by atoms with Crippen molar-refractivity contribution in [2.45, 2.75) is 44.4 Å². The second-order valence-electron chi connectivity index (χ2n) is 8.23. The van der Waals surface area contributed by atoms with E-state index in [-0.39, 0.29) is 27.7 Å². The van der Waals surface area contributed by atoms with Crippen LogP contribution in [0.1, 0.15) is 50.9 Å². The molecule has 1 heterocycles. The first-order chi connectivity index (χ1) is 16.6. The third kappa shape index (κ3) is 5.88. The minimum atomic E-state index is -3.67. The maximum absolute atomic E-state index is 14.5. The second-order valence-corrected chi connectivity index (χ2v) is 10.2. The van der Waals surface area contributed by atoms with E-state index in [9.17, 15) is 22.0 Å². The van der Waals surface area contributed by atoms with Crippen molar-refractivity contribution in [1.82, 2.24) is 14.3 Å². The molecule has 7 nitrogen and oxygen atoms in total. The van der Waals surface area contributed by atoms with Crippen molar-refractivity contribution in [2.75, 3.05) is 13.1 Å². The van der Waals surface area contributed by atoms with E-state index in [4.69, 9.17) is 5.41 Å². The number of aromatic nitrogens is 2. The molecule has 2 N–H and O–H groups in total. The number of halogens is 2. The van der Waals surface area contributed by atoms with Crippen LogP contribution in [-0.4, -0.2) is 41.5 Å². The molecule has 0 fully saturated rings. The lowest BCUT2D eigenvalue weighted by molar-refractivity contribution is 0.410. The Hall–Kier alpha value is -3.24. The van der Waals surface area contributed by atoms with Gasteiger partial charge in [0, 0.05) is 42.1 Å². The predicted molar refractivity (Wildman–Crippen MR) is 131 cm³/mol. The smallest absolute Gasteiger partial charge is 0.251 e. The van der Waals surface area contributed by atoms with Gasteiger partial charge in [0.25, 0.3) is 5.56 Å². The molecule has 0 spiro atoms. The van der Waals surface area contributed by atoms with Gasteiger partial charge in [0.15, 0.2) is 0 Å². The molecule has 1 atom stereocenters. The first-order valence-corrected chi connectivity index (χ1v) is 12.7. The van der Waals surface area contributed by atoms with Crippen molar-refractivity contribution in [3.63, 3.8) is 0 Å². The second kappa shape index (κ2) is 11.0. The fourth-order valence-corrected chi connectivity index (χ4v) is 5.50. The monoisotopic (exact) mass is 502 g/mol. The number of nitrogens with one attached hydrogen (secondary N) is 2. The molecule has 0 aliphatic heterocycles. The first kappa shape index (κ1) is 26.4. The molecule has 1 unspecified atom stereocenters. The lowest BCUT2D eigenvalue weighted by Crippen LogP contribution is -2.32. The van der Waals surface area contributed by atoms with Crippen molar-refractivity contribution in [3.05, 3.63) is 81.9 Å². The lowest BCUT2D eigenvalue weighted by Gasteiger charge is -2.21. The normalized spacial score (nSPS) is 12.6. The molecule has 0 aliphatic carbocycles. The summed E-state index contributed by atoms with van der Waals surface area (Å²) in [7, 11) is -3.67. The Labute approximate surface area is 203 Å². The summed E-state index contributed by atoms with van der Waals surface area (Å²) in [4.78, 5) is 19.5. The van der Waals surface area contributed by atoms with Crippen LogP contribution < -0.4 is 5.56 Å². The van der Waals surface area contributed by atoms with Crippen LogP contribution in [0, 0.1) is 17.0 Å². The van der Waals surface area contributed by atoms with E-state index in [0.717, 1.165) is 6.07 Å². The average molecular weight is 503 g/mol. The number of rotatable bonds is 10. The highest BCUT2D eigenvalue weighted by molar-refractivity contribution is 7.89. The number of nitrogens with zero attached hydrogens (tertiary/aromatic N) is 2. The van der Waals surface area contributed by atoms with E-state index in [1.54, 1.807) is 12.1 Å². The third-order valence-electron chi connectivity index (χ3n) is 5.47. The summed E-state index contributed by atoms with van der Waals surface area (Å²) in [5.41, 5.74) is 0.208. The molecular weight excluding hydrogens is 474 g/mol. The quantitative estimate of drug-likeness (QED) is 0.392. The van der Waals surface area contributed by atoms with Crippen LogP contribution in [0.4, 0.5) is 8.78 Å². The van der Waals surface area contributed by atoms with Crippen molar-refractivity contribution in [3.8, 4) is 11.3 Å². The van der Waals surface area contributed by atoms with Crippen LogP contribution in [-0.2, 0) is 10.0 Å². The Morgan fingerprint density at radius 1 is 1.06 bits per heavy atom. The maximum atomic E-state index is 14.5. The number of hydrogen-bond donors (Lipinski definition) is 2. The van der Waals surface area contributed by atoms with Crippen LogP contribution in [0.15, 0.2) is 58.2 Å². The number of sulfonamides is 1. The van der Waals surface area contributed by atoms with Gasteiger partial charge >= 0.3 is 0 Å². The highest BCUT2D eigenvalue weighted by Gasteiger charge is 2.25. The van der Waals surface area contributed by atoms with E-state index in [0.29, 0.717) is 37.6 Å². The molecule has 186 valence electrons. The van der Waals surface area contributed by atoms with E-state index in [2.05, 4.69) is 9.97 Å². The Kier molecular flexibility index (Phi) is 8.29. The Morgan fingerprint density at radius 2 is 1.69 bits per heavy atom. The Morgan fingerprint density at radius 3 is 2.23 bits per heavy atom. The van der Waals surface area contributed by atoms with E-state index < -0.39 is 33.1 Å². The zero-order chi connectivity index (χ0) is 25.8. The molecule has 0 radical (unpaired) electrons. The molecule has 3 rings (SSSR count). The van der Waals surface area contributed by atoms with Gasteiger partial charge in [-0.1, -0.05) is 32.0 Å². The molecule has 0 saturated carbocycles. The van der Waals surface area contributed by atoms with Gasteiger partial charge in [0.1, 0.15) is 17.5 Å². The molecule has 0 bridgehead atoms. The number of H-pyrrole nitrogens is 1. The van der Waals surface area contributed by atoms with Gasteiger partial charge in [0.2, 0.25) is 10.0 Å². The zero-order valence-electron chi connectivity index (χ0n) is 19.8. The molecule has 10 heteroatoms. The van der Waals surface area contributed by atoms with Gasteiger partial charge < -0.3 is 10.4 Å². The predicted octanol–water partition coefficient (Wildman–Crippen LogP) is 4.70. The molecule has 0 saturated heterocycles. The molecule has 1 aromatic heterocycles. The summed E-state index contributed by atoms with van der Waals surface area (Å²) in [6, 6.07) is 10.3. The highest BCUT2D eigenvalue weighted by atomic mass is 32.2. The largest absolute Gasteiger partial charge is 0.310 e. The Bertz CT molecular complexity index is 1370. The molecule has 35 heavy (non-hydrogen) atoms. The van der Waals surface area contributed by atoms with Crippen LogP contribution in [0.2, 0.25) is 0 Å². The van der Waals surface area contributed by atoms with Crippen molar-refractivity contribution < 1.29 is 17.2 Å². The first-order valence-electron chi connectivity index (χ1n) is 11.3. The van der Waals surface area contributed by atoms with Gasteiger partial charge in [0.05, 0.1) is 16.5 Å². The summed E-state index contributed by atoms with van der Waals surface area (Å²) < 4.78 is 55.4. The summed E-state index contributed by atoms with van der Waals surface area (Å²) in [5, 5.41) is 8.13. The summed E-state index contributed by atoms with van der Waals surface area (Å²) >= 11 is 0. The van der Waals surface area contributed by atoms with E-state index in [1.807, 2.05) is 13.8 Å². The zero-order valence-corrected chi connectivity index (χ0v) is 20.6. The summed E-state index contributed by atoms with van der Waals surface area (Å²) in [6.07, 6.45) is 1.39. The van der Waals surface area contributed by atoms with Crippen molar-refractivity contribution in [1.29, 1.82) is 5.41 Å². The SMILES string of the molecule is CCCN(CCC)S(=O)(=O)c1ccc(-c2cc(=O)[nH]c(C(C(C)=N)c3ccc(F)cc3F)n2)cc1. The standard InChI is InChI=1S/C25H28F2N4O3S/c1-4-12-31(13-5-2)35(33,34)19-9-6-17(7-10-19)22-15-23(32)30-25(29-22)24(16(3)28)20-11-8-18(26)14-21(20)27/h6-11,14-15,24,28H,4-5,12-13H2,1-3H3,(H,29,30,32). The van der Waals surface area contributed by atoms with Crippen molar-refractivity contribution >= 4 is 15.7 Å². The van der Waals surface area contributed by atoms with Crippen LogP contribution in [0.25, 0.3) is 11.3 Å². The van der Waals surface area contributed by atoms with Crippen LogP contribution in [0.3, 0.4) is 0 Å². The summed E-state index contributed by atoms with van der Waals surface area (Å²) in [6.45, 7) is 6.11. The fourth-order valence-electron chi connectivity index (χ4n) is 3.88. The maximum Gasteiger partial charge on any atom is 0.251 e. The third-order valence-corrected chi connectivity index (χ3v) is 7.39. The van der Waals surface area contributed by atoms with Gasteiger partial charge in [-0.25, -0.2) is 22.2 Å². The van der Waals surface area contributed by atoms with Gasteiger partial charge in [-0.05, 0) is 38.0 Å². The molecule has 0 aliphatic rings. The summed E-state index contributed by atoms with van der Waals surface area (Å²) in [5.74, 6) is -2.61. The van der Waals surface area contributed by atoms with Crippen LogP contribution in [0.5, 0.6) is 0 Å². The average Bonchev–Trinajstić information content (AvgIpc) is 2.80. The van der Waals surface area contributed by atoms with Gasteiger partial charge in [-0.3, -0.25) is 4.79 Å². The molecular formula is C25H28F2N4O3S. The minimum Gasteiger partial charge on any atom is -0.310 e. The van der Waals surface area contributed by atoms with Crippen LogP contribution >= 0.6 is 0 Å². The minimum absolute atomic E-state index is 0.00388. The number of aromatic amines is 1. The molecule has 2 aromatic carbocycles. The van der Waals surface area contributed by atoms with Gasteiger partial charge in [-0.2, -0.15) is 4.31 Å². The van der Waals surface area contributed by atoms with Crippen molar-refractivity contribution in [2.24, 2.45) is 0 Å². The fraction of sp³-hybridized carbons (Fsp3) is 0.320. The van der Waals surface area contributed by atoms with E-state index >= 15 is 0 Å². The van der Waals surface area contributed by atoms with Gasteiger partial charge in [-0.15, -0.1) is 0 Å². The topological polar surface area (TPSA) is 107 Å². The lowest BCUT2D eigenvalue weighted by atomic mass is 9.93. The highest BCUT2D eigenvalue weighted by Crippen LogP contribution is 2.28. The molecule has 0 amide bonds.